The first kappa shape index (κ1) is 32.5. The highest BCUT2D eigenvalue weighted by Gasteiger charge is 2.74. The first-order valence-corrected chi connectivity index (χ1v) is 19.7. The Bertz CT molecular complexity index is 2100. The van der Waals surface area contributed by atoms with E-state index in [9.17, 15) is 19.8 Å². The van der Waals surface area contributed by atoms with Crippen molar-refractivity contribution in [1.29, 1.82) is 0 Å². The standard InChI is InChI=1S/C48H50O4/c1-43-24-44(2)26-46(25-43,40-19-36(14-16-38(40)42(51)52)34-11-7-4-8-12-34)30-48(27-43,28-44)47-22-31-17-32(23-47)21-45(20-31,29-47)39-18-35(13-15-37(39)41(49)50)33-9-5-3-6-10-33/h3-16,18-19,31-32H,17,20-30H2,1-2H3,(H,49,50)(H,51,52). The lowest BCUT2D eigenvalue weighted by atomic mass is 9.27. The summed E-state index contributed by atoms with van der Waals surface area (Å²) in [4.78, 5) is 26.1. The van der Waals surface area contributed by atoms with Crippen LogP contribution in [0.1, 0.15) is 123 Å². The van der Waals surface area contributed by atoms with Gasteiger partial charge in [0.2, 0.25) is 0 Å². The number of aromatic carboxylic acids is 2. The molecule has 0 spiro atoms. The lowest BCUT2D eigenvalue weighted by molar-refractivity contribution is -0.250. The minimum atomic E-state index is -0.817. The lowest BCUT2D eigenvalue weighted by Crippen LogP contribution is -2.69. The van der Waals surface area contributed by atoms with Gasteiger partial charge in [-0.1, -0.05) is 86.6 Å². The molecule has 8 fully saturated rings. The topological polar surface area (TPSA) is 74.6 Å². The second-order valence-corrected chi connectivity index (χ2v) is 19.6. The predicted molar refractivity (Wildman–Crippen MR) is 204 cm³/mol. The smallest absolute Gasteiger partial charge is 0.335 e. The summed E-state index contributed by atoms with van der Waals surface area (Å²) in [5.41, 5.74) is 7.71. The van der Waals surface area contributed by atoms with Gasteiger partial charge in [-0.05, 0) is 179 Å². The van der Waals surface area contributed by atoms with Gasteiger partial charge in [0.05, 0.1) is 11.1 Å². The Balaban J connectivity index is 1.13. The van der Waals surface area contributed by atoms with Crippen LogP contribution < -0.4 is 0 Å². The number of benzene rings is 4. The Kier molecular flexibility index (Phi) is 6.68. The van der Waals surface area contributed by atoms with E-state index in [1.54, 1.807) is 0 Å². The van der Waals surface area contributed by atoms with Crippen LogP contribution in [0.3, 0.4) is 0 Å². The molecule has 4 unspecified atom stereocenters. The van der Waals surface area contributed by atoms with Crippen LogP contribution in [0, 0.1) is 33.5 Å². The summed E-state index contributed by atoms with van der Waals surface area (Å²) in [6, 6.07) is 33.2. The number of hydrogen-bond acceptors (Lipinski definition) is 2. The third kappa shape index (κ3) is 4.64. The molecule has 0 heterocycles. The molecule has 0 saturated heterocycles. The maximum atomic E-state index is 13.1. The Morgan fingerprint density at radius 3 is 1.44 bits per heavy atom. The lowest BCUT2D eigenvalue weighted by Gasteiger charge is -2.77. The SMILES string of the molecule is CC12CC3(C)CC(c4cc(-c5ccccc5)ccc4C(=O)O)(C1)CC(C14CC5CC(CC(c6cc(-c7ccccc7)ccc6C(=O)O)(C5)C1)C4)(C2)C3. The predicted octanol–water partition coefficient (Wildman–Crippen LogP) is 11.6. The van der Waals surface area contributed by atoms with Gasteiger partial charge in [0, 0.05) is 0 Å². The number of carbonyl (C=O) groups is 2. The molecule has 266 valence electrons. The summed E-state index contributed by atoms with van der Waals surface area (Å²) in [6.07, 6.45) is 13.8. The van der Waals surface area contributed by atoms with E-state index in [1.807, 2.05) is 36.4 Å². The molecule has 0 radical (unpaired) electrons. The fourth-order valence-corrected chi connectivity index (χ4v) is 15.7. The zero-order valence-electron chi connectivity index (χ0n) is 30.6. The fourth-order valence-electron chi connectivity index (χ4n) is 15.7. The molecule has 4 aromatic rings. The second-order valence-electron chi connectivity index (χ2n) is 19.6. The van der Waals surface area contributed by atoms with Crippen LogP contribution in [-0.2, 0) is 10.8 Å². The molecule has 0 aromatic heterocycles. The second kappa shape index (κ2) is 10.7. The van der Waals surface area contributed by atoms with E-state index in [-0.39, 0.29) is 32.5 Å². The van der Waals surface area contributed by atoms with E-state index in [2.05, 4.69) is 74.5 Å². The molecule has 8 aliphatic rings. The van der Waals surface area contributed by atoms with Gasteiger partial charge >= 0.3 is 11.9 Å². The molecule has 12 rings (SSSR count). The van der Waals surface area contributed by atoms with Gasteiger partial charge in [0.1, 0.15) is 0 Å². The van der Waals surface area contributed by atoms with Crippen LogP contribution in [0.2, 0.25) is 0 Å². The summed E-state index contributed by atoms with van der Waals surface area (Å²) in [5, 5.41) is 21.4. The Morgan fingerprint density at radius 2 is 0.962 bits per heavy atom. The Hall–Kier alpha value is -4.18. The molecule has 2 N–H and O–H groups in total. The van der Waals surface area contributed by atoms with Gasteiger partial charge < -0.3 is 10.2 Å². The van der Waals surface area contributed by atoms with E-state index in [1.165, 1.54) is 38.5 Å². The molecule has 0 amide bonds. The highest BCUT2D eigenvalue weighted by Crippen LogP contribution is 2.82. The van der Waals surface area contributed by atoms with Crippen molar-refractivity contribution in [3.8, 4) is 22.3 Å². The van der Waals surface area contributed by atoms with Crippen molar-refractivity contribution in [1.82, 2.24) is 0 Å². The van der Waals surface area contributed by atoms with Crippen LogP contribution in [0.25, 0.3) is 22.3 Å². The van der Waals surface area contributed by atoms with Crippen molar-refractivity contribution < 1.29 is 19.8 Å². The van der Waals surface area contributed by atoms with Crippen molar-refractivity contribution in [2.24, 2.45) is 33.5 Å². The molecule has 4 nitrogen and oxygen atoms in total. The van der Waals surface area contributed by atoms with Crippen molar-refractivity contribution in [2.75, 3.05) is 0 Å². The average molecular weight is 691 g/mol. The van der Waals surface area contributed by atoms with E-state index in [4.69, 9.17) is 0 Å². The number of carboxylic acids is 2. The molecule has 8 bridgehead atoms. The van der Waals surface area contributed by atoms with Crippen LogP contribution >= 0.6 is 0 Å². The van der Waals surface area contributed by atoms with Crippen molar-refractivity contribution in [3.63, 3.8) is 0 Å². The van der Waals surface area contributed by atoms with E-state index < -0.39 is 11.9 Å². The summed E-state index contributed by atoms with van der Waals surface area (Å²) in [5.74, 6) is -0.427. The molecule has 4 atom stereocenters. The maximum absolute atomic E-state index is 13.1. The quantitative estimate of drug-likeness (QED) is 0.202. The van der Waals surface area contributed by atoms with E-state index >= 15 is 0 Å². The van der Waals surface area contributed by atoms with Crippen molar-refractivity contribution in [2.45, 2.75) is 102 Å². The number of hydrogen-bond donors (Lipinski definition) is 2. The van der Waals surface area contributed by atoms with Crippen molar-refractivity contribution in [3.05, 3.63) is 119 Å². The van der Waals surface area contributed by atoms with Crippen LogP contribution in [0.5, 0.6) is 0 Å². The first-order valence-electron chi connectivity index (χ1n) is 19.7. The van der Waals surface area contributed by atoms with Crippen molar-refractivity contribution >= 4 is 11.9 Å². The molecule has 52 heavy (non-hydrogen) atoms. The minimum Gasteiger partial charge on any atom is -0.478 e. The maximum Gasteiger partial charge on any atom is 0.335 e. The molecular formula is C48H50O4. The first-order chi connectivity index (χ1) is 24.8. The molecule has 4 heteroatoms. The van der Waals surface area contributed by atoms with Gasteiger partial charge in [0.15, 0.2) is 0 Å². The molecule has 8 aliphatic carbocycles. The Morgan fingerprint density at radius 1 is 0.500 bits per heavy atom. The van der Waals surface area contributed by atoms with Gasteiger partial charge in [0.25, 0.3) is 0 Å². The van der Waals surface area contributed by atoms with E-state index in [0.717, 1.165) is 71.9 Å². The normalized spacial score (nSPS) is 38.0. The minimum absolute atomic E-state index is 0.0905. The number of carboxylic acid groups (broad SMARTS) is 2. The molecule has 0 aliphatic heterocycles. The molecule has 4 aromatic carbocycles. The van der Waals surface area contributed by atoms with Gasteiger partial charge in [-0.25, -0.2) is 9.59 Å². The highest BCUT2D eigenvalue weighted by atomic mass is 16.4. The fraction of sp³-hybridized carbons (Fsp3) is 0.458. The zero-order valence-corrected chi connectivity index (χ0v) is 30.6. The molecule has 8 saturated carbocycles. The number of rotatable bonds is 7. The van der Waals surface area contributed by atoms with Crippen LogP contribution in [-0.4, -0.2) is 22.2 Å². The summed E-state index contributed by atoms with van der Waals surface area (Å²) in [6.45, 7) is 5.08. The third-order valence-corrected chi connectivity index (χ3v) is 15.6. The highest BCUT2D eigenvalue weighted by molar-refractivity contribution is 5.92. The average Bonchev–Trinajstić information content (AvgIpc) is 3.10. The summed E-state index contributed by atoms with van der Waals surface area (Å²) < 4.78 is 0. The van der Waals surface area contributed by atoms with E-state index in [0.29, 0.717) is 23.0 Å². The Labute approximate surface area is 307 Å². The van der Waals surface area contributed by atoms with Gasteiger partial charge in [-0.2, -0.15) is 0 Å². The van der Waals surface area contributed by atoms with Gasteiger partial charge in [-0.15, -0.1) is 0 Å². The van der Waals surface area contributed by atoms with Gasteiger partial charge in [-0.3, -0.25) is 0 Å². The largest absolute Gasteiger partial charge is 0.478 e. The third-order valence-electron chi connectivity index (χ3n) is 15.6. The summed E-state index contributed by atoms with van der Waals surface area (Å²) in [7, 11) is 0. The zero-order chi connectivity index (χ0) is 35.7. The van der Waals surface area contributed by atoms with Crippen LogP contribution in [0.4, 0.5) is 0 Å². The summed E-state index contributed by atoms with van der Waals surface area (Å²) >= 11 is 0. The van der Waals surface area contributed by atoms with Crippen LogP contribution in [0.15, 0.2) is 97.1 Å². The molecular weight excluding hydrogens is 641 g/mol. The monoisotopic (exact) mass is 690 g/mol.